The van der Waals surface area contributed by atoms with Crippen molar-refractivity contribution < 1.29 is 14.4 Å². The molecule has 0 saturated heterocycles. The Morgan fingerprint density at radius 1 is 1.35 bits per heavy atom. The molecule has 0 aliphatic rings. The van der Waals surface area contributed by atoms with E-state index in [1.54, 1.807) is 25.3 Å². The maximum absolute atomic E-state index is 10.9. The van der Waals surface area contributed by atoms with E-state index >= 15 is 0 Å². The van der Waals surface area contributed by atoms with Gasteiger partial charge in [0, 0.05) is 6.07 Å². The van der Waals surface area contributed by atoms with Gasteiger partial charge in [0.05, 0.1) is 12.0 Å². The van der Waals surface area contributed by atoms with E-state index in [1.807, 2.05) is 6.07 Å². The summed E-state index contributed by atoms with van der Waals surface area (Å²) in [6, 6.07) is 9.82. The lowest BCUT2D eigenvalue weighted by Crippen LogP contribution is -2.03. The Hall–Kier alpha value is -2.83. The van der Waals surface area contributed by atoms with Crippen molar-refractivity contribution in [2.45, 2.75) is 6.61 Å². The van der Waals surface area contributed by atoms with Gasteiger partial charge in [-0.05, 0) is 23.8 Å². The number of rotatable bonds is 5. The Morgan fingerprint density at radius 2 is 2.15 bits per heavy atom. The third kappa shape index (κ3) is 3.14. The molecule has 1 aromatic heterocycles. The predicted molar refractivity (Wildman–Crippen MR) is 72.6 cm³/mol. The molecule has 0 amide bonds. The summed E-state index contributed by atoms with van der Waals surface area (Å²) in [6.07, 6.45) is 0. The zero-order chi connectivity index (χ0) is 14.5. The smallest absolute Gasteiger partial charge is 0.331 e. The SMILES string of the molecule is COc1cccc(COc2nc(N)ccc2[N+](=O)[O-])c1. The van der Waals surface area contributed by atoms with Gasteiger partial charge >= 0.3 is 5.69 Å². The van der Waals surface area contributed by atoms with E-state index in [-0.39, 0.29) is 24.0 Å². The van der Waals surface area contributed by atoms with Crippen molar-refractivity contribution in [1.82, 2.24) is 4.98 Å². The number of hydrogen-bond acceptors (Lipinski definition) is 6. The van der Waals surface area contributed by atoms with Crippen molar-refractivity contribution in [3.05, 3.63) is 52.1 Å². The van der Waals surface area contributed by atoms with Crippen molar-refractivity contribution in [3.8, 4) is 11.6 Å². The van der Waals surface area contributed by atoms with Crippen LogP contribution in [0.5, 0.6) is 11.6 Å². The Kier molecular flexibility index (Phi) is 3.99. The third-order valence-corrected chi connectivity index (χ3v) is 2.57. The first-order valence-corrected chi connectivity index (χ1v) is 5.77. The van der Waals surface area contributed by atoms with E-state index in [1.165, 1.54) is 12.1 Å². The lowest BCUT2D eigenvalue weighted by atomic mass is 10.2. The highest BCUT2D eigenvalue weighted by molar-refractivity contribution is 5.47. The van der Waals surface area contributed by atoms with Crippen LogP contribution in [-0.2, 0) is 6.61 Å². The highest BCUT2D eigenvalue weighted by Crippen LogP contribution is 2.26. The Bertz CT molecular complexity index is 631. The number of nitrogens with zero attached hydrogens (tertiary/aromatic N) is 2. The normalized spacial score (nSPS) is 10.1. The predicted octanol–water partition coefficient (Wildman–Crippen LogP) is 2.16. The molecule has 20 heavy (non-hydrogen) atoms. The van der Waals surface area contributed by atoms with Crippen LogP contribution in [0.1, 0.15) is 5.56 Å². The monoisotopic (exact) mass is 275 g/mol. The van der Waals surface area contributed by atoms with Crippen LogP contribution < -0.4 is 15.2 Å². The van der Waals surface area contributed by atoms with Crippen molar-refractivity contribution in [2.24, 2.45) is 0 Å². The number of nitrogen functional groups attached to an aromatic ring is 1. The van der Waals surface area contributed by atoms with Crippen LogP contribution in [0.3, 0.4) is 0 Å². The standard InChI is InChI=1S/C13H13N3O4/c1-19-10-4-2-3-9(7-10)8-20-13-11(16(17)18)5-6-12(14)15-13/h2-7H,8H2,1H3,(H2,14,15). The number of pyridine rings is 1. The van der Waals surface area contributed by atoms with Crippen LogP contribution in [0, 0.1) is 10.1 Å². The first kappa shape index (κ1) is 13.6. The summed E-state index contributed by atoms with van der Waals surface area (Å²) in [4.78, 5) is 14.1. The number of benzene rings is 1. The van der Waals surface area contributed by atoms with Crippen LogP contribution in [0.15, 0.2) is 36.4 Å². The summed E-state index contributed by atoms with van der Waals surface area (Å²) in [5.41, 5.74) is 6.10. The summed E-state index contributed by atoms with van der Waals surface area (Å²) in [6.45, 7) is 0.133. The average molecular weight is 275 g/mol. The van der Waals surface area contributed by atoms with Gasteiger partial charge in [-0.15, -0.1) is 0 Å². The van der Waals surface area contributed by atoms with Crippen molar-refractivity contribution in [1.29, 1.82) is 0 Å². The fourth-order valence-corrected chi connectivity index (χ4v) is 1.61. The molecule has 0 fully saturated rings. The average Bonchev–Trinajstić information content (AvgIpc) is 2.45. The minimum Gasteiger partial charge on any atom is -0.497 e. The number of methoxy groups -OCH3 is 1. The summed E-state index contributed by atoms with van der Waals surface area (Å²) in [5, 5.41) is 10.9. The third-order valence-electron chi connectivity index (χ3n) is 2.57. The first-order chi connectivity index (χ1) is 9.60. The summed E-state index contributed by atoms with van der Waals surface area (Å²) in [5.74, 6) is 0.746. The van der Waals surface area contributed by atoms with E-state index in [0.29, 0.717) is 5.75 Å². The number of hydrogen-bond donors (Lipinski definition) is 1. The lowest BCUT2D eigenvalue weighted by Gasteiger charge is -2.07. The van der Waals surface area contributed by atoms with Gasteiger partial charge in [-0.25, -0.2) is 0 Å². The summed E-state index contributed by atoms with van der Waals surface area (Å²) < 4.78 is 10.5. The molecule has 2 rings (SSSR count). The molecule has 0 atom stereocenters. The van der Waals surface area contributed by atoms with Crippen molar-refractivity contribution in [2.75, 3.05) is 12.8 Å². The van der Waals surface area contributed by atoms with E-state index < -0.39 is 4.92 Å². The molecule has 0 bridgehead atoms. The number of aromatic nitrogens is 1. The van der Waals surface area contributed by atoms with Gasteiger partial charge < -0.3 is 15.2 Å². The Morgan fingerprint density at radius 3 is 2.85 bits per heavy atom. The van der Waals surface area contributed by atoms with Gasteiger partial charge in [0.15, 0.2) is 0 Å². The van der Waals surface area contributed by atoms with Crippen LogP contribution in [0.2, 0.25) is 0 Å². The fourth-order valence-electron chi connectivity index (χ4n) is 1.61. The van der Waals surface area contributed by atoms with Crippen LogP contribution in [0.4, 0.5) is 11.5 Å². The molecule has 0 saturated carbocycles. The highest BCUT2D eigenvalue weighted by Gasteiger charge is 2.17. The van der Waals surface area contributed by atoms with Gasteiger partial charge in [0.25, 0.3) is 5.88 Å². The van der Waals surface area contributed by atoms with Gasteiger partial charge in [-0.1, -0.05) is 12.1 Å². The molecule has 0 radical (unpaired) electrons. The molecule has 1 aromatic carbocycles. The zero-order valence-electron chi connectivity index (χ0n) is 10.8. The number of ether oxygens (including phenoxy) is 2. The zero-order valence-corrected chi connectivity index (χ0v) is 10.8. The molecule has 0 aliphatic carbocycles. The van der Waals surface area contributed by atoms with E-state index in [4.69, 9.17) is 15.2 Å². The lowest BCUT2D eigenvalue weighted by molar-refractivity contribution is -0.386. The molecule has 7 heteroatoms. The molecular weight excluding hydrogens is 262 g/mol. The fraction of sp³-hybridized carbons (Fsp3) is 0.154. The van der Waals surface area contributed by atoms with Gasteiger partial charge in [-0.3, -0.25) is 10.1 Å². The van der Waals surface area contributed by atoms with E-state index in [0.717, 1.165) is 5.56 Å². The van der Waals surface area contributed by atoms with Crippen molar-refractivity contribution >= 4 is 11.5 Å². The minimum atomic E-state index is -0.562. The maximum atomic E-state index is 10.9. The van der Waals surface area contributed by atoms with E-state index in [9.17, 15) is 10.1 Å². The number of nitrogens with two attached hydrogens (primary N) is 1. The molecule has 1 heterocycles. The Labute approximate surface area is 115 Å². The second-order valence-electron chi connectivity index (χ2n) is 3.96. The maximum Gasteiger partial charge on any atom is 0.331 e. The van der Waals surface area contributed by atoms with E-state index in [2.05, 4.69) is 4.98 Å². The number of nitro groups is 1. The number of anilines is 1. The molecule has 2 N–H and O–H groups in total. The van der Waals surface area contributed by atoms with Crippen molar-refractivity contribution in [3.63, 3.8) is 0 Å². The molecule has 104 valence electrons. The minimum absolute atomic E-state index is 0.0992. The summed E-state index contributed by atoms with van der Waals surface area (Å²) >= 11 is 0. The molecule has 0 aliphatic heterocycles. The molecule has 0 spiro atoms. The molecular formula is C13H13N3O4. The first-order valence-electron chi connectivity index (χ1n) is 5.77. The highest BCUT2D eigenvalue weighted by atomic mass is 16.6. The van der Waals surface area contributed by atoms with Crippen LogP contribution in [0.25, 0.3) is 0 Å². The van der Waals surface area contributed by atoms with Crippen LogP contribution in [-0.4, -0.2) is 17.0 Å². The second-order valence-corrected chi connectivity index (χ2v) is 3.96. The van der Waals surface area contributed by atoms with Gasteiger partial charge in [0.2, 0.25) is 0 Å². The second kappa shape index (κ2) is 5.87. The largest absolute Gasteiger partial charge is 0.497 e. The topological polar surface area (TPSA) is 101 Å². The van der Waals surface area contributed by atoms with Gasteiger partial charge in [-0.2, -0.15) is 4.98 Å². The molecule has 7 nitrogen and oxygen atoms in total. The quantitative estimate of drug-likeness (QED) is 0.662. The molecule has 2 aromatic rings. The Balaban J connectivity index is 2.17. The summed E-state index contributed by atoms with van der Waals surface area (Å²) in [7, 11) is 1.56. The molecule has 0 unspecified atom stereocenters. The van der Waals surface area contributed by atoms with Gasteiger partial charge in [0.1, 0.15) is 18.2 Å². The van der Waals surface area contributed by atoms with Crippen LogP contribution >= 0.6 is 0 Å².